The van der Waals surface area contributed by atoms with Crippen molar-refractivity contribution < 1.29 is 0 Å². The summed E-state index contributed by atoms with van der Waals surface area (Å²) in [4.78, 5) is 14.6. The summed E-state index contributed by atoms with van der Waals surface area (Å²) in [7, 11) is 0. The molecule has 108 valence electrons. The zero-order chi connectivity index (χ0) is 14.7. The van der Waals surface area contributed by atoms with Crippen molar-refractivity contribution >= 4 is 28.2 Å². The summed E-state index contributed by atoms with van der Waals surface area (Å²) < 4.78 is 0. The number of thiophene rings is 1. The standard InChI is InChI=1S/C16H18N4S/c1-3-6-13(14-8-5-10-21-14)20-16-12-7-4-9-17-15(12)18-11(2)19-16/h4-5,7-10,13H,3,6H2,1-2H3,(H,17,18,19,20)/t13-/m1/s1. The predicted molar refractivity (Wildman–Crippen MR) is 87.7 cm³/mol. The maximum atomic E-state index is 4.58. The van der Waals surface area contributed by atoms with Crippen LogP contribution in [0.4, 0.5) is 5.82 Å². The van der Waals surface area contributed by atoms with Crippen LogP contribution in [0.15, 0.2) is 35.8 Å². The summed E-state index contributed by atoms with van der Waals surface area (Å²) in [6, 6.07) is 8.49. The van der Waals surface area contributed by atoms with E-state index >= 15 is 0 Å². The van der Waals surface area contributed by atoms with Crippen LogP contribution in [-0.4, -0.2) is 15.0 Å². The fourth-order valence-electron chi connectivity index (χ4n) is 2.41. The number of anilines is 1. The van der Waals surface area contributed by atoms with Gasteiger partial charge in [-0.2, -0.15) is 0 Å². The summed E-state index contributed by atoms with van der Waals surface area (Å²) in [5, 5.41) is 6.67. The average Bonchev–Trinajstić information content (AvgIpc) is 3.00. The normalized spacial score (nSPS) is 12.5. The number of fused-ring (bicyclic) bond motifs is 1. The summed E-state index contributed by atoms with van der Waals surface area (Å²) in [6.45, 7) is 4.10. The first-order valence-corrected chi connectivity index (χ1v) is 8.05. The van der Waals surface area contributed by atoms with Crippen molar-refractivity contribution in [1.29, 1.82) is 0 Å². The zero-order valence-electron chi connectivity index (χ0n) is 12.2. The molecule has 0 saturated heterocycles. The Morgan fingerprint density at radius 1 is 1.24 bits per heavy atom. The summed E-state index contributed by atoms with van der Waals surface area (Å²) in [6.07, 6.45) is 3.96. The summed E-state index contributed by atoms with van der Waals surface area (Å²) in [5.41, 5.74) is 0.744. The van der Waals surface area contributed by atoms with E-state index in [1.165, 1.54) is 4.88 Å². The average molecular weight is 298 g/mol. The lowest BCUT2D eigenvalue weighted by Gasteiger charge is -2.18. The summed E-state index contributed by atoms with van der Waals surface area (Å²) >= 11 is 1.78. The van der Waals surface area contributed by atoms with Crippen molar-refractivity contribution in [3.63, 3.8) is 0 Å². The Labute approximate surface area is 128 Å². The fraction of sp³-hybridized carbons (Fsp3) is 0.312. The van der Waals surface area contributed by atoms with Gasteiger partial charge in [0.05, 0.1) is 11.4 Å². The number of hydrogen-bond acceptors (Lipinski definition) is 5. The third-order valence-electron chi connectivity index (χ3n) is 3.36. The van der Waals surface area contributed by atoms with Crippen LogP contribution in [0, 0.1) is 6.92 Å². The minimum absolute atomic E-state index is 0.285. The van der Waals surface area contributed by atoms with Crippen LogP contribution >= 0.6 is 11.3 Å². The second-order valence-electron chi connectivity index (χ2n) is 5.00. The van der Waals surface area contributed by atoms with E-state index in [0.717, 1.165) is 35.5 Å². The smallest absolute Gasteiger partial charge is 0.164 e. The molecule has 4 nitrogen and oxygen atoms in total. The quantitative estimate of drug-likeness (QED) is 0.761. The highest BCUT2D eigenvalue weighted by Crippen LogP contribution is 2.29. The Bertz CT molecular complexity index is 724. The molecule has 1 N–H and O–H groups in total. The fourth-order valence-corrected chi connectivity index (χ4v) is 3.22. The van der Waals surface area contributed by atoms with Crippen LogP contribution in [0.25, 0.3) is 11.0 Å². The van der Waals surface area contributed by atoms with Crippen molar-refractivity contribution in [3.05, 3.63) is 46.5 Å². The number of nitrogens with zero attached hydrogens (tertiary/aromatic N) is 3. The molecule has 0 bridgehead atoms. The van der Waals surface area contributed by atoms with E-state index in [0.29, 0.717) is 0 Å². The van der Waals surface area contributed by atoms with Crippen LogP contribution < -0.4 is 5.32 Å². The van der Waals surface area contributed by atoms with Gasteiger partial charge < -0.3 is 5.32 Å². The molecule has 3 rings (SSSR count). The molecule has 0 unspecified atom stereocenters. The van der Waals surface area contributed by atoms with Gasteiger partial charge in [-0.1, -0.05) is 19.4 Å². The number of aromatic nitrogens is 3. The van der Waals surface area contributed by atoms with Gasteiger partial charge in [0.25, 0.3) is 0 Å². The van der Waals surface area contributed by atoms with Crippen molar-refractivity contribution in [1.82, 2.24) is 15.0 Å². The predicted octanol–water partition coefficient (Wildman–Crippen LogP) is 4.35. The highest BCUT2D eigenvalue weighted by Gasteiger charge is 2.15. The van der Waals surface area contributed by atoms with E-state index in [-0.39, 0.29) is 6.04 Å². The number of pyridine rings is 1. The van der Waals surface area contributed by atoms with Crippen LogP contribution in [-0.2, 0) is 0 Å². The highest BCUT2D eigenvalue weighted by molar-refractivity contribution is 7.10. The molecule has 1 atom stereocenters. The Kier molecular flexibility index (Phi) is 4.10. The molecule has 0 aliphatic heterocycles. The second-order valence-corrected chi connectivity index (χ2v) is 5.97. The second kappa shape index (κ2) is 6.18. The molecule has 5 heteroatoms. The first kappa shape index (κ1) is 13.9. The van der Waals surface area contributed by atoms with Crippen LogP contribution in [0.2, 0.25) is 0 Å². The van der Waals surface area contributed by atoms with Crippen molar-refractivity contribution in [2.45, 2.75) is 32.7 Å². The summed E-state index contributed by atoms with van der Waals surface area (Å²) in [5.74, 6) is 1.61. The first-order chi connectivity index (χ1) is 10.3. The first-order valence-electron chi connectivity index (χ1n) is 7.17. The van der Waals surface area contributed by atoms with E-state index in [1.807, 2.05) is 19.1 Å². The monoisotopic (exact) mass is 298 g/mol. The van der Waals surface area contributed by atoms with E-state index < -0.39 is 0 Å². The van der Waals surface area contributed by atoms with E-state index in [1.54, 1.807) is 17.5 Å². The minimum atomic E-state index is 0.285. The zero-order valence-corrected chi connectivity index (χ0v) is 13.0. The molecule has 3 heterocycles. The van der Waals surface area contributed by atoms with Gasteiger partial charge >= 0.3 is 0 Å². The molecule has 0 saturated carbocycles. The molecule has 0 aliphatic carbocycles. The van der Waals surface area contributed by atoms with Gasteiger partial charge in [-0.25, -0.2) is 15.0 Å². The van der Waals surface area contributed by atoms with Gasteiger partial charge in [-0.3, -0.25) is 0 Å². The maximum absolute atomic E-state index is 4.58. The highest BCUT2D eigenvalue weighted by atomic mass is 32.1. The SMILES string of the molecule is CCC[C@@H](Nc1nc(C)nc2ncccc12)c1cccs1. The Hall–Kier alpha value is -2.01. The third-order valence-corrected chi connectivity index (χ3v) is 4.34. The molecule has 21 heavy (non-hydrogen) atoms. The van der Waals surface area contributed by atoms with Gasteiger partial charge in [-0.15, -0.1) is 11.3 Å². The number of hydrogen-bond donors (Lipinski definition) is 1. The van der Waals surface area contributed by atoms with Gasteiger partial charge in [-0.05, 0) is 36.9 Å². The maximum Gasteiger partial charge on any atom is 0.164 e. The molecule has 0 aromatic carbocycles. The minimum Gasteiger partial charge on any atom is -0.362 e. The van der Waals surface area contributed by atoms with Crippen LogP contribution in [0.1, 0.15) is 36.5 Å². The van der Waals surface area contributed by atoms with Crippen molar-refractivity contribution in [2.24, 2.45) is 0 Å². The lowest BCUT2D eigenvalue weighted by atomic mass is 10.1. The van der Waals surface area contributed by atoms with Crippen molar-refractivity contribution in [2.75, 3.05) is 5.32 Å². The van der Waals surface area contributed by atoms with Crippen LogP contribution in [0.3, 0.4) is 0 Å². The third kappa shape index (κ3) is 3.03. The Morgan fingerprint density at radius 3 is 2.90 bits per heavy atom. The lowest BCUT2D eigenvalue weighted by molar-refractivity contribution is 0.685. The molecular formula is C16H18N4S. The van der Waals surface area contributed by atoms with Gasteiger partial charge in [0, 0.05) is 11.1 Å². The van der Waals surface area contributed by atoms with E-state index in [9.17, 15) is 0 Å². The largest absolute Gasteiger partial charge is 0.362 e. The van der Waals surface area contributed by atoms with E-state index in [4.69, 9.17) is 0 Å². The van der Waals surface area contributed by atoms with Gasteiger partial charge in [0.15, 0.2) is 5.65 Å². The number of aryl methyl sites for hydroxylation is 1. The van der Waals surface area contributed by atoms with Crippen molar-refractivity contribution in [3.8, 4) is 0 Å². The molecule has 3 aromatic heterocycles. The number of rotatable bonds is 5. The van der Waals surface area contributed by atoms with Gasteiger partial charge in [0.2, 0.25) is 0 Å². The molecule has 3 aromatic rings. The lowest BCUT2D eigenvalue weighted by Crippen LogP contribution is -2.11. The van der Waals surface area contributed by atoms with E-state index in [2.05, 4.69) is 44.7 Å². The van der Waals surface area contributed by atoms with Gasteiger partial charge in [0.1, 0.15) is 11.6 Å². The number of nitrogens with one attached hydrogen (secondary N) is 1. The molecule has 0 aliphatic rings. The molecular weight excluding hydrogens is 280 g/mol. The topological polar surface area (TPSA) is 50.7 Å². The Morgan fingerprint density at radius 2 is 2.14 bits per heavy atom. The Balaban J connectivity index is 1.99. The molecule has 0 radical (unpaired) electrons. The molecule has 0 fully saturated rings. The molecule has 0 spiro atoms. The van der Waals surface area contributed by atoms with Crippen LogP contribution in [0.5, 0.6) is 0 Å². The molecule has 0 amide bonds.